The molecule has 1 unspecified atom stereocenters. The van der Waals surface area contributed by atoms with E-state index in [2.05, 4.69) is 21.2 Å². The van der Waals surface area contributed by atoms with E-state index in [1.165, 1.54) is 0 Å². The lowest BCUT2D eigenvalue weighted by molar-refractivity contribution is -0.139. The number of rotatable bonds is 6. The van der Waals surface area contributed by atoms with Crippen LogP contribution in [0.25, 0.3) is 0 Å². The molecule has 1 aromatic carbocycles. The summed E-state index contributed by atoms with van der Waals surface area (Å²) in [6.45, 7) is 7.45. The fourth-order valence-corrected chi connectivity index (χ4v) is 2.28. The third kappa shape index (κ3) is 6.90. The third-order valence-electron chi connectivity index (χ3n) is 2.74. The van der Waals surface area contributed by atoms with Crippen molar-refractivity contribution in [3.8, 4) is 5.75 Å². The number of nitrogens with one attached hydrogen (secondary N) is 1. The second kappa shape index (κ2) is 8.19. The highest BCUT2D eigenvalue weighted by Crippen LogP contribution is 2.24. The Hall–Kier alpha value is -1.76. The second-order valence-corrected chi connectivity index (χ2v) is 6.84. The second-order valence-electron chi connectivity index (χ2n) is 5.93. The van der Waals surface area contributed by atoms with Crippen LogP contribution in [0.4, 0.5) is 4.79 Å². The molecule has 1 rings (SSSR count). The molecule has 0 bridgehead atoms. The normalized spacial score (nSPS) is 12.4. The highest BCUT2D eigenvalue weighted by Gasteiger charge is 2.25. The summed E-state index contributed by atoms with van der Waals surface area (Å²) in [4.78, 5) is 23.2. The van der Waals surface area contributed by atoms with E-state index in [9.17, 15) is 14.7 Å². The van der Waals surface area contributed by atoms with E-state index in [1.54, 1.807) is 32.9 Å². The molecule has 0 aliphatic rings. The number of carboxylic acid groups (broad SMARTS) is 1. The van der Waals surface area contributed by atoms with Crippen LogP contribution in [-0.2, 0) is 16.0 Å². The molecule has 0 saturated heterocycles. The van der Waals surface area contributed by atoms with E-state index < -0.39 is 23.7 Å². The van der Waals surface area contributed by atoms with Gasteiger partial charge < -0.3 is 19.9 Å². The molecule has 1 aromatic rings. The van der Waals surface area contributed by atoms with E-state index in [-0.39, 0.29) is 6.42 Å². The predicted molar refractivity (Wildman–Crippen MR) is 89.8 cm³/mol. The first-order valence-electron chi connectivity index (χ1n) is 7.26. The van der Waals surface area contributed by atoms with Crippen LogP contribution in [0.3, 0.4) is 0 Å². The van der Waals surface area contributed by atoms with Gasteiger partial charge >= 0.3 is 12.1 Å². The number of ether oxygens (including phenoxy) is 2. The summed E-state index contributed by atoms with van der Waals surface area (Å²) < 4.78 is 11.4. The van der Waals surface area contributed by atoms with Crippen molar-refractivity contribution in [3.05, 3.63) is 28.2 Å². The zero-order valence-electron chi connectivity index (χ0n) is 13.7. The maximum absolute atomic E-state index is 11.8. The van der Waals surface area contributed by atoms with Gasteiger partial charge in [0, 0.05) is 10.9 Å². The fourth-order valence-electron chi connectivity index (χ4n) is 1.87. The van der Waals surface area contributed by atoms with Crippen LogP contribution in [-0.4, -0.2) is 35.4 Å². The van der Waals surface area contributed by atoms with Crippen LogP contribution < -0.4 is 10.1 Å². The molecule has 6 nitrogen and oxygen atoms in total. The van der Waals surface area contributed by atoms with E-state index in [0.717, 1.165) is 4.47 Å². The summed E-state index contributed by atoms with van der Waals surface area (Å²) in [5, 5.41) is 11.7. The summed E-state index contributed by atoms with van der Waals surface area (Å²) in [5.41, 5.74) is -0.0102. The van der Waals surface area contributed by atoms with Gasteiger partial charge in [-0.1, -0.05) is 15.9 Å². The molecular formula is C16H22BrNO5. The van der Waals surface area contributed by atoms with Crippen LogP contribution in [0.15, 0.2) is 22.7 Å². The molecule has 0 radical (unpaired) electrons. The zero-order valence-corrected chi connectivity index (χ0v) is 15.3. The monoisotopic (exact) mass is 387 g/mol. The third-order valence-corrected chi connectivity index (χ3v) is 3.23. The Labute approximate surface area is 144 Å². The van der Waals surface area contributed by atoms with Crippen LogP contribution in [0.5, 0.6) is 5.75 Å². The Bertz CT molecular complexity index is 568. The highest BCUT2D eigenvalue weighted by molar-refractivity contribution is 9.10. The van der Waals surface area contributed by atoms with E-state index in [0.29, 0.717) is 17.9 Å². The number of carboxylic acids is 1. The van der Waals surface area contributed by atoms with Crippen LogP contribution >= 0.6 is 15.9 Å². The molecule has 0 spiro atoms. The first-order chi connectivity index (χ1) is 10.6. The minimum atomic E-state index is -1.14. The fraction of sp³-hybridized carbons (Fsp3) is 0.500. The van der Waals surface area contributed by atoms with Gasteiger partial charge in [0.1, 0.15) is 17.4 Å². The maximum atomic E-state index is 11.8. The number of amides is 1. The lowest BCUT2D eigenvalue weighted by atomic mass is 10.0. The molecule has 128 valence electrons. The van der Waals surface area contributed by atoms with Gasteiger partial charge in [-0.15, -0.1) is 0 Å². The van der Waals surface area contributed by atoms with Crippen LogP contribution in [0, 0.1) is 0 Å². The molecule has 0 aliphatic heterocycles. The van der Waals surface area contributed by atoms with Gasteiger partial charge in [0.2, 0.25) is 0 Å². The molecule has 0 aromatic heterocycles. The van der Waals surface area contributed by atoms with Crippen molar-refractivity contribution in [2.45, 2.75) is 45.8 Å². The predicted octanol–water partition coefficient (Wildman–Crippen LogP) is 3.37. The molecule has 7 heteroatoms. The molecule has 23 heavy (non-hydrogen) atoms. The summed E-state index contributed by atoms with van der Waals surface area (Å²) in [6.07, 6.45) is -0.679. The van der Waals surface area contributed by atoms with E-state index >= 15 is 0 Å². The summed E-state index contributed by atoms with van der Waals surface area (Å²) in [6, 6.07) is 4.23. The first-order valence-corrected chi connectivity index (χ1v) is 8.05. The number of halogens is 1. The van der Waals surface area contributed by atoms with Crippen molar-refractivity contribution >= 4 is 28.0 Å². The number of alkyl carbamates (subject to hydrolysis) is 1. The number of hydrogen-bond acceptors (Lipinski definition) is 4. The van der Waals surface area contributed by atoms with E-state index in [4.69, 9.17) is 9.47 Å². The number of benzene rings is 1. The lowest BCUT2D eigenvalue weighted by Gasteiger charge is -2.22. The van der Waals surface area contributed by atoms with Crippen molar-refractivity contribution in [2.75, 3.05) is 6.61 Å². The Morgan fingerprint density at radius 3 is 2.52 bits per heavy atom. The van der Waals surface area contributed by atoms with Gasteiger partial charge in [0.05, 0.1) is 6.61 Å². The van der Waals surface area contributed by atoms with Crippen molar-refractivity contribution in [2.24, 2.45) is 0 Å². The maximum Gasteiger partial charge on any atom is 0.408 e. The first kappa shape index (κ1) is 19.3. The molecule has 0 saturated carbocycles. The van der Waals surface area contributed by atoms with Gasteiger partial charge in [-0.05, 0) is 51.5 Å². The van der Waals surface area contributed by atoms with E-state index in [1.807, 2.05) is 13.0 Å². The number of carbonyl (C=O) groups is 2. The van der Waals surface area contributed by atoms with Gasteiger partial charge in [-0.2, -0.15) is 0 Å². The highest BCUT2D eigenvalue weighted by atomic mass is 79.9. The van der Waals surface area contributed by atoms with Crippen LogP contribution in [0.1, 0.15) is 33.3 Å². The largest absolute Gasteiger partial charge is 0.494 e. The Morgan fingerprint density at radius 2 is 2.00 bits per heavy atom. The van der Waals surface area contributed by atoms with Gasteiger partial charge in [0.15, 0.2) is 0 Å². The minimum Gasteiger partial charge on any atom is -0.494 e. The Kier molecular flexibility index (Phi) is 6.87. The van der Waals surface area contributed by atoms with Crippen molar-refractivity contribution in [1.29, 1.82) is 0 Å². The molecular weight excluding hydrogens is 366 g/mol. The van der Waals surface area contributed by atoms with Crippen molar-refractivity contribution in [3.63, 3.8) is 0 Å². The smallest absolute Gasteiger partial charge is 0.408 e. The number of aliphatic carboxylic acids is 1. The number of hydrogen-bond donors (Lipinski definition) is 2. The molecule has 1 atom stereocenters. The Morgan fingerprint density at radius 1 is 1.35 bits per heavy atom. The molecule has 0 heterocycles. The summed E-state index contributed by atoms with van der Waals surface area (Å²) in [5.74, 6) is -0.550. The van der Waals surface area contributed by atoms with Gasteiger partial charge in [0.25, 0.3) is 0 Å². The average molecular weight is 388 g/mol. The van der Waals surface area contributed by atoms with Crippen molar-refractivity contribution in [1.82, 2.24) is 5.32 Å². The Balaban J connectivity index is 2.90. The lowest BCUT2D eigenvalue weighted by Crippen LogP contribution is -2.44. The SMILES string of the molecule is CCOc1ccc(Br)cc1CC(NC(=O)OC(C)(C)C)C(=O)O. The molecule has 1 amide bonds. The topological polar surface area (TPSA) is 84.9 Å². The zero-order chi connectivity index (χ0) is 17.6. The average Bonchev–Trinajstić information content (AvgIpc) is 2.39. The summed E-state index contributed by atoms with van der Waals surface area (Å²) >= 11 is 3.35. The standard InChI is InChI=1S/C16H22BrNO5/c1-5-22-13-7-6-11(17)8-10(13)9-12(14(19)20)18-15(21)23-16(2,3)4/h6-8,12H,5,9H2,1-4H3,(H,18,21)(H,19,20). The van der Waals surface area contributed by atoms with Gasteiger partial charge in [-0.3, -0.25) is 0 Å². The quantitative estimate of drug-likeness (QED) is 0.781. The van der Waals surface area contributed by atoms with Gasteiger partial charge in [-0.25, -0.2) is 9.59 Å². The number of carbonyl (C=O) groups excluding carboxylic acids is 1. The summed E-state index contributed by atoms with van der Waals surface area (Å²) in [7, 11) is 0. The molecule has 0 fully saturated rings. The molecule has 2 N–H and O–H groups in total. The minimum absolute atomic E-state index is 0.0867. The molecule has 0 aliphatic carbocycles. The van der Waals surface area contributed by atoms with Crippen LogP contribution in [0.2, 0.25) is 0 Å². The van der Waals surface area contributed by atoms with Crippen molar-refractivity contribution < 1.29 is 24.2 Å².